The fourth-order valence-electron chi connectivity index (χ4n) is 2.80. The molecule has 126 valence electrons. The molecule has 4 nitrogen and oxygen atoms in total. The Hall–Kier alpha value is -2.66. The molecule has 0 amide bonds. The van der Waals surface area contributed by atoms with Gasteiger partial charge in [-0.15, -0.1) is 5.10 Å². The molecule has 3 rings (SSSR count). The van der Waals surface area contributed by atoms with E-state index in [0.717, 1.165) is 10.6 Å². The van der Waals surface area contributed by atoms with Crippen LogP contribution >= 0.6 is 11.5 Å². The Morgan fingerprint density at radius 3 is 1.76 bits per heavy atom. The van der Waals surface area contributed by atoms with Crippen molar-refractivity contribution in [3.63, 3.8) is 0 Å². The minimum Gasteiger partial charge on any atom is -0.294 e. The lowest BCUT2D eigenvalue weighted by Crippen LogP contribution is -2.12. The molecule has 0 saturated heterocycles. The third-order valence-corrected chi connectivity index (χ3v) is 5.10. The van der Waals surface area contributed by atoms with Crippen molar-refractivity contribution in [3.8, 4) is 0 Å². The van der Waals surface area contributed by atoms with Crippen molar-refractivity contribution < 1.29 is 9.59 Å². The first kappa shape index (κ1) is 17.2. The van der Waals surface area contributed by atoms with Crippen molar-refractivity contribution in [1.82, 2.24) is 9.59 Å². The van der Waals surface area contributed by atoms with E-state index in [4.69, 9.17) is 0 Å². The number of rotatable bonds is 7. The highest BCUT2D eigenvalue weighted by Crippen LogP contribution is 2.31. The Morgan fingerprint density at radius 2 is 1.36 bits per heavy atom. The van der Waals surface area contributed by atoms with Crippen LogP contribution in [0, 0.1) is 6.92 Å². The van der Waals surface area contributed by atoms with Gasteiger partial charge in [-0.05, 0) is 18.5 Å². The first-order valence-corrected chi connectivity index (χ1v) is 8.88. The molecule has 25 heavy (non-hydrogen) atoms. The van der Waals surface area contributed by atoms with E-state index >= 15 is 0 Å². The number of hydrogen-bond donors (Lipinski definition) is 0. The minimum absolute atomic E-state index is 0.0271. The molecular formula is C20H18N2O2S. The lowest BCUT2D eigenvalue weighted by Gasteiger charge is -2.14. The molecular weight excluding hydrogens is 332 g/mol. The molecule has 0 spiro atoms. The summed E-state index contributed by atoms with van der Waals surface area (Å²) in [5.41, 5.74) is 2.11. The Balaban J connectivity index is 1.82. The molecule has 1 aromatic heterocycles. The van der Waals surface area contributed by atoms with Crippen LogP contribution in [0.4, 0.5) is 0 Å². The monoisotopic (exact) mass is 350 g/mol. The lowest BCUT2D eigenvalue weighted by molar-refractivity contribution is 0.0945. The fraction of sp³-hybridized carbons (Fsp3) is 0.200. The van der Waals surface area contributed by atoms with E-state index in [1.54, 1.807) is 24.3 Å². The summed E-state index contributed by atoms with van der Waals surface area (Å²) in [7, 11) is 0. The molecule has 1 heterocycles. The highest BCUT2D eigenvalue weighted by Gasteiger charge is 2.24. The van der Waals surface area contributed by atoms with Crippen LogP contribution < -0.4 is 0 Å². The smallest absolute Gasteiger partial charge is 0.163 e. The van der Waals surface area contributed by atoms with Crippen LogP contribution in [0.3, 0.4) is 0 Å². The fourth-order valence-corrected chi connectivity index (χ4v) is 3.54. The van der Waals surface area contributed by atoms with Gasteiger partial charge in [-0.3, -0.25) is 9.59 Å². The zero-order valence-corrected chi connectivity index (χ0v) is 14.7. The molecule has 0 atom stereocenters. The number of benzene rings is 2. The molecule has 0 saturated carbocycles. The second-order valence-electron chi connectivity index (χ2n) is 5.91. The van der Waals surface area contributed by atoms with E-state index in [9.17, 15) is 9.59 Å². The van der Waals surface area contributed by atoms with Gasteiger partial charge in [-0.1, -0.05) is 65.2 Å². The van der Waals surface area contributed by atoms with Gasteiger partial charge in [-0.2, -0.15) is 0 Å². The summed E-state index contributed by atoms with van der Waals surface area (Å²) in [6, 6.07) is 18.3. The molecule has 0 unspecified atom stereocenters. The van der Waals surface area contributed by atoms with Crippen LogP contribution in [0.15, 0.2) is 60.7 Å². The number of nitrogens with zero attached hydrogens (tertiary/aromatic N) is 2. The van der Waals surface area contributed by atoms with Gasteiger partial charge >= 0.3 is 0 Å². The highest BCUT2D eigenvalue weighted by molar-refractivity contribution is 7.05. The number of carbonyl (C=O) groups excluding carboxylic acids is 2. The SMILES string of the molecule is Cc1nnsc1C(CC(=O)c1ccccc1)CC(=O)c1ccccc1. The standard InChI is InChI=1S/C20H18N2O2S/c1-14-20(25-22-21-14)17(12-18(23)15-8-4-2-5-9-15)13-19(24)16-10-6-3-7-11-16/h2-11,17H,12-13H2,1H3. The van der Waals surface area contributed by atoms with E-state index in [-0.39, 0.29) is 30.3 Å². The van der Waals surface area contributed by atoms with Crippen LogP contribution in [-0.2, 0) is 0 Å². The number of aryl methyl sites for hydroxylation is 1. The predicted octanol–water partition coefficient (Wildman–Crippen LogP) is 4.48. The van der Waals surface area contributed by atoms with E-state index < -0.39 is 0 Å². The van der Waals surface area contributed by atoms with Gasteiger partial charge < -0.3 is 0 Å². The van der Waals surface area contributed by atoms with Crippen molar-refractivity contribution in [2.24, 2.45) is 0 Å². The number of aromatic nitrogens is 2. The Labute approximate surface area is 150 Å². The summed E-state index contributed by atoms with van der Waals surface area (Å²) in [5.74, 6) is -0.154. The van der Waals surface area contributed by atoms with Gasteiger partial charge in [0.1, 0.15) is 0 Å². The number of ketones is 2. The van der Waals surface area contributed by atoms with E-state index in [2.05, 4.69) is 9.59 Å². The first-order chi connectivity index (χ1) is 12.1. The topological polar surface area (TPSA) is 59.9 Å². The average molecular weight is 350 g/mol. The summed E-state index contributed by atoms with van der Waals surface area (Å²) in [6.07, 6.45) is 0.542. The zero-order valence-electron chi connectivity index (χ0n) is 13.9. The maximum Gasteiger partial charge on any atom is 0.163 e. The number of carbonyl (C=O) groups is 2. The Kier molecular flexibility index (Phi) is 5.46. The van der Waals surface area contributed by atoms with Crippen molar-refractivity contribution in [1.29, 1.82) is 0 Å². The molecule has 0 N–H and O–H groups in total. The molecule has 5 heteroatoms. The molecule has 0 aliphatic carbocycles. The van der Waals surface area contributed by atoms with Gasteiger partial charge in [0.25, 0.3) is 0 Å². The largest absolute Gasteiger partial charge is 0.294 e. The van der Waals surface area contributed by atoms with Crippen LogP contribution in [0.2, 0.25) is 0 Å². The molecule has 0 aliphatic rings. The summed E-state index contributed by atoms with van der Waals surface area (Å²) < 4.78 is 3.97. The third-order valence-electron chi connectivity index (χ3n) is 4.11. The quantitative estimate of drug-likeness (QED) is 0.590. The van der Waals surface area contributed by atoms with Crippen molar-refractivity contribution >= 4 is 23.1 Å². The summed E-state index contributed by atoms with van der Waals surface area (Å²) in [5, 5.41) is 4.04. The average Bonchev–Trinajstić information content (AvgIpc) is 3.08. The first-order valence-electron chi connectivity index (χ1n) is 8.10. The van der Waals surface area contributed by atoms with Gasteiger partial charge in [0, 0.05) is 29.9 Å². The summed E-state index contributed by atoms with van der Waals surface area (Å²) >= 11 is 1.27. The summed E-state index contributed by atoms with van der Waals surface area (Å²) in [6.45, 7) is 1.87. The van der Waals surface area contributed by atoms with Crippen LogP contribution in [0.25, 0.3) is 0 Å². The molecule has 0 radical (unpaired) electrons. The molecule has 2 aromatic carbocycles. The minimum atomic E-state index is -0.208. The molecule has 0 bridgehead atoms. The normalized spacial score (nSPS) is 10.8. The molecule has 0 aliphatic heterocycles. The van der Waals surface area contributed by atoms with E-state index in [0.29, 0.717) is 11.1 Å². The van der Waals surface area contributed by atoms with E-state index in [1.807, 2.05) is 43.3 Å². The maximum atomic E-state index is 12.6. The third kappa shape index (κ3) is 4.25. The molecule has 0 fully saturated rings. The van der Waals surface area contributed by atoms with Crippen molar-refractivity contribution in [2.75, 3.05) is 0 Å². The Morgan fingerprint density at radius 1 is 0.880 bits per heavy atom. The van der Waals surface area contributed by atoms with Crippen molar-refractivity contribution in [2.45, 2.75) is 25.7 Å². The number of hydrogen-bond acceptors (Lipinski definition) is 5. The van der Waals surface area contributed by atoms with Gasteiger partial charge in [0.2, 0.25) is 0 Å². The van der Waals surface area contributed by atoms with E-state index in [1.165, 1.54) is 11.5 Å². The van der Waals surface area contributed by atoms with Gasteiger partial charge in [0.05, 0.1) is 10.6 Å². The van der Waals surface area contributed by atoms with Crippen LogP contribution in [0.5, 0.6) is 0 Å². The second kappa shape index (κ2) is 7.94. The number of Topliss-reactive ketones (excluding diaryl/α,β-unsaturated/α-hetero) is 2. The van der Waals surface area contributed by atoms with Crippen molar-refractivity contribution in [3.05, 3.63) is 82.4 Å². The highest BCUT2D eigenvalue weighted by atomic mass is 32.1. The molecule has 3 aromatic rings. The van der Waals surface area contributed by atoms with Crippen LogP contribution in [0.1, 0.15) is 50.0 Å². The van der Waals surface area contributed by atoms with Gasteiger partial charge in [-0.25, -0.2) is 0 Å². The zero-order chi connectivity index (χ0) is 17.6. The lowest BCUT2D eigenvalue weighted by atomic mass is 9.90. The summed E-state index contributed by atoms with van der Waals surface area (Å²) in [4.78, 5) is 26.2. The maximum absolute atomic E-state index is 12.6. The van der Waals surface area contributed by atoms with Gasteiger partial charge in [0.15, 0.2) is 11.6 Å². The Bertz CT molecular complexity index is 806. The predicted molar refractivity (Wildman–Crippen MR) is 98.2 cm³/mol. The van der Waals surface area contributed by atoms with Crippen LogP contribution in [-0.4, -0.2) is 21.2 Å². The second-order valence-corrected chi connectivity index (χ2v) is 6.69.